The average molecular weight is 204 g/mol. The van der Waals surface area contributed by atoms with Crippen LogP contribution >= 0.6 is 0 Å². The Hall–Kier alpha value is -1.02. The van der Waals surface area contributed by atoms with Crippen molar-refractivity contribution in [3.8, 4) is 0 Å². The fourth-order valence-corrected chi connectivity index (χ4v) is 2.22. The predicted octanol–water partition coefficient (Wildman–Crippen LogP) is 2.58. The van der Waals surface area contributed by atoms with Gasteiger partial charge < -0.3 is 5.32 Å². The maximum absolute atomic E-state index is 3.45. The number of nitrogens with zero attached hydrogens (tertiary/aromatic N) is 1. The Labute approximate surface area is 92.3 Å². The lowest BCUT2D eigenvalue weighted by molar-refractivity contribution is 0.279. The van der Waals surface area contributed by atoms with Gasteiger partial charge in [0.2, 0.25) is 0 Å². The van der Waals surface area contributed by atoms with Crippen molar-refractivity contribution in [2.45, 2.75) is 25.8 Å². The molecule has 1 fully saturated rings. The van der Waals surface area contributed by atoms with Crippen LogP contribution in [0.25, 0.3) is 0 Å². The van der Waals surface area contributed by atoms with Crippen molar-refractivity contribution >= 4 is 5.69 Å². The first-order valence-electron chi connectivity index (χ1n) is 5.89. The highest BCUT2D eigenvalue weighted by Crippen LogP contribution is 2.15. The number of likely N-dealkylation sites (tertiary alicyclic amines) is 1. The zero-order chi connectivity index (χ0) is 10.5. The zero-order valence-corrected chi connectivity index (χ0v) is 9.45. The van der Waals surface area contributed by atoms with Crippen molar-refractivity contribution in [2.75, 3.05) is 25.0 Å². The predicted molar refractivity (Wildman–Crippen MR) is 65.2 cm³/mol. The third-order valence-corrected chi connectivity index (χ3v) is 3.19. The monoisotopic (exact) mass is 204 g/mol. The Bertz CT molecular complexity index is 284. The number of anilines is 1. The molecular weight excluding hydrogens is 184 g/mol. The highest BCUT2D eigenvalue weighted by Gasteiger charge is 2.18. The van der Waals surface area contributed by atoms with E-state index in [4.69, 9.17) is 0 Å². The number of hydrogen-bond donors (Lipinski definition) is 1. The fourth-order valence-electron chi connectivity index (χ4n) is 2.22. The van der Waals surface area contributed by atoms with Gasteiger partial charge in [-0.15, -0.1) is 0 Å². The van der Waals surface area contributed by atoms with E-state index in [1.807, 2.05) is 6.07 Å². The van der Waals surface area contributed by atoms with Gasteiger partial charge in [0.1, 0.15) is 0 Å². The first-order chi connectivity index (χ1) is 7.36. The van der Waals surface area contributed by atoms with Gasteiger partial charge in [-0.1, -0.05) is 18.2 Å². The minimum Gasteiger partial charge on any atom is -0.384 e. The highest BCUT2D eigenvalue weighted by molar-refractivity contribution is 5.42. The van der Waals surface area contributed by atoms with Crippen LogP contribution in [-0.2, 0) is 0 Å². The van der Waals surface area contributed by atoms with E-state index in [-0.39, 0.29) is 0 Å². The molecule has 1 N–H and O–H groups in total. The molecule has 15 heavy (non-hydrogen) atoms. The molecule has 0 bridgehead atoms. The summed E-state index contributed by atoms with van der Waals surface area (Å²) in [5, 5.41) is 3.45. The third-order valence-electron chi connectivity index (χ3n) is 3.19. The summed E-state index contributed by atoms with van der Waals surface area (Å²) in [5.41, 5.74) is 1.23. The van der Waals surface area contributed by atoms with Crippen molar-refractivity contribution in [3.63, 3.8) is 0 Å². The van der Waals surface area contributed by atoms with Gasteiger partial charge in [0.25, 0.3) is 0 Å². The number of rotatable bonds is 4. The molecule has 0 aliphatic carbocycles. The summed E-state index contributed by atoms with van der Waals surface area (Å²) < 4.78 is 0. The van der Waals surface area contributed by atoms with Crippen LogP contribution in [0.3, 0.4) is 0 Å². The van der Waals surface area contributed by atoms with Crippen LogP contribution in [-0.4, -0.2) is 30.6 Å². The van der Waals surface area contributed by atoms with Crippen molar-refractivity contribution in [2.24, 2.45) is 0 Å². The molecular formula is C13H20N2. The van der Waals surface area contributed by atoms with E-state index in [1.165, 1.54) is 25.1 Å². The van der Waals surface area contributed by atoms with E-state index < -0.39 is 0 Å². The lowest BCUT2D eigenvalue weighted by Crippen LogP contribution is -2.31. The Kier molecular flexibility index (Phi) is 3.62. The quantitative estimate of drug-likeness (QED) is 0.811. The number of nitrogens with one attached hydrogen (secondary N) is 1. The van der Waals surface area contributed by atoms with E-state index in [1.54, 1.807) is 0 Å². The van der Waals surface area contributed by atoms with Gasteiger partial charge >= 0.3 is 0 Å². The normalized spacial score (nSPS) is 21.8. The van der Waals surface area contributed by atoms with E-state index >= 15 is 0 Å². The Morgan fingerprint density at radius 1 is 1.33 bits per heavy atom. The lowest BCUT2D eigenvalue weighted by Gasteiger charge is -2.21. The largest absolute Gasteiger partial charge is 0.384 e. The molecule has 0 amide bonds. The summed E-state index contributed by atoms with van der Waals surface area (Å²) in [5.74, 6) is 0. The van der Waals surface area contributed by atoms with Crippen LogP contribution in [0, 0.1) is 0 Å². The van der Waals surface area contributed by atoms with Gasteiger partial charge in [-0.3, -0.25) is 4.90 Å². The molecule has 1 aromatic rings. The minimum atomic E-state index is 0.780. The van der Waals surface area contributed by atoms with Crippen LogP contribution in [0.5, 0.6) is 0 Å². The molecule has 1 saturated heterocycles. The highest BCUT2D eigenvalue weighted by atomic mass is 15.2. The van der Waals surface area contributed by atoms with Gasteiger partial charge in [-0.05, 0) is 38.4 Å². The van der Waals surface area contributed by atoms with Gasteiger partial charge in [-0.25, -0.2) is 0 Å². The maximum atomic E-state index is 3.45. The number of para-hydroxylation sites is 1. The van der Waals surface area contributed by atoms with Crippen LogP contribution in [0.15, 0.2) is 30.3 Å². The molecule has 1 atom stereocenters. The molecule has 0 radical (unpaired) electrons. The van der Waals surface area contributed by atoms with Gasteiger partial charge in [0.15, 0.2) is 0 Å². The van der Waals surface area contributed by atoms with E-state index in [9.17, 15) is 0 Å². The van der Waals surface area contributed by atoms with Crippen LogP contribution in [0.4, 0.5) is 5.69 Å². The molecule has 2 rings (SSSR count). The van der Waals surface area contributed by atoms with Gasteiger partial charge in [-0.2, -0.15) is 0 Å². The first-order valence-corrected chi connectivity index (χ1v) is 5.89. The van der Waals surface area contributed by atoms with E-state index in [0.717, 1.165) is 19.1 Å². The molecule has 2 heteroatoms. The second-order valence-electron chi connectivity index (χ2n) is 4.32. The van der Waals surface area contributed by atoms with E-state index in [0.29, 0.717) is 0 Å². The van der Waals surface area contributed by atoms with Crippen molar-refractivity contribution in [1.82, 2.24) is 4.90 Å². The molecule has 0 saturated carbocycles. The molecule has 1 aliphatic heterocycles. The second kappa shape index (κ2) is 5.17. The summed E-state index contributed by atoms with van der Waals surface area (Å²) in [4.78, 5) is 2.57. The Balaban J connectivity index is 1.71. The molecule has 0 aromatic heterocycles. The second-order valence-corrected chi connectivity index (χ2v) is 4.32. The zero-order valence-electron chi connectivity index (χ0n) is 9.45. The molecule has 0 spiro atoms. The summed E-state index contributed by atoms with van der Waals surface area (Å²) in [6, 6.07) is 11.2. The Morgan fingerprint density at radius 3 is 2.80 bits per heavy atom. The van der Waals surface area contributed by atoms with Crippen molar-refractivity contribution in [3.05, 3.63) is 30.3 Å². The molecule has 82 valence electrons. The summed E-state index contributed by atoms with van der Waals surface area (Å²) in [6.07, 6.45) is 2.73. The SMILES string of the molecule is CC1CCCN1CCNc1ccccc1. The average Bonchev–Trinajstić information content (AvgIpc) is 2.66. The van der Waals surface area contributed by atoms with Crippen LogP contribution < -0.4 is 5.32 Å². The van der Waals surface area contributed by atoms with Gasteiger partial charge in [0.05, 0.1) is 0 Å². The van der Waals surface area contributed by atoms with Crippen molar-refractivity contribution < 1.29 is 0 Å². The lowest BCUT2D eigenvalue weighted by atomic mass is 10.2. The number of hydrogen-bond acceptors (Lipinski definition) is 2. The Morgan fingerprint density at radius 2 is 2.13 bits per heavy atom. The standard InChI is InChI=1S/C13H20N2/c1-12-6-5-10-15(12)11-9-14-13-7-3-2-4-8-13/h2-4,7-8,12,14H,5-6,9-11H2,1H3. The number of benzene rings is 1. The minimum absolute atomic E-state index is 0.780. The summed E-state index contributed by atoms with van der Waals surface area (Å²) in [7, 11) is 0. The summed E-state index contributed by atoms with van der Waals surface area (Å²) >= 11 is 0. The maximum Gasteiger partial charge on any atom is 0.0340 e. The summed E-state index contributed by atoms with van der Waals surface area (Å²) in [6.45, 7) is 5.82. The van der Waals surface area contributed by atoms with E-state index in [2.05, 4.69) is 41.4 Å². The van der Waals surface area contributed by atoms with Crippen molar-refractivity contribution in [1.29, 1.82) is 0 Å². The van der Waals surface area contributed by atoms with Gasteiger partial charge in [0, 0.05) is 24.8 Å². The molecule has 1 aliphatic rings. The smallest absolute Gasteiger partial charge is 0.0340 e. The first kappa shape index (κ1) is 10.5. The molecule has 2 nitrogen and oxygen atoms in total. The topological polar surface area (TPSA) is 15.3 Å². The molecule has 1 unspecified atom stereocenters. The van der Waals surface area contributed by atoms with Crippen LogP contribution in [0.1, 0.15) is 19.8 Å². The fraction of sp³-hybridized carbons (Fsp3) is 0.538. The molecule has 1 aromatic carbocycles. The third kappa shape index (κ3) is 2.96. The van der Waals surface area contributed by atoms with Crippen LogP contribution in [0.2, 0.25) is 0 Å². The molecule has 1 heterocycles.